The molecule has 6 heteroatoms. The lowest BCUT2D eigenvalue weighted by Crippen LogP contribution is -2.11. The summed E-state index contributed by atoms with van der Waals surface area (Å²) in [4.78, 5) is 17.0. The third-order valence-electron chi connectivity index (χ3n) is 4.62. The topological polar surface area (TPSA) is 64.4 Å². The highest BCUT2D eigenvalue weighted by Gasteiger charge is 2.11. The van der Waals surface area contributed by atoms with E-state index in [2.05, 4.69) is 17.2 Å². The molecule has 0 fully saturated rings. The minimum absolute atomic E-state index is 0.225. The molecule has 0 spiro atoms. The monoisotopic (exact) mass is 404 g/mol. The molecule has 1 heterocycles. The van der Waals surface area contributed by atoms with Crippen LogP contribution in [0.1, 0.15) is 30.1 Å². The van der Waals surface area contributed by atoms with E-state index in [1.54, 1.807) is 54.6 Å². The van der Waals surface area contributed by atoms with Gasteiger partial charge in [-0.3, -0.25) is 4.79 Å². The maximum absolute atomic E-state index is 13.1. The number of halogens is 1. The summed E-state index contributed by atoms with van der Waals surface area (Å²) in [6.07, 6.45) is 2.07. The molecule has 0 bridgehead atoms. The second-order valence-corrected chi connectivity index (χ2v) is 6.89. The van der Waals surface area contributed by atoms with Crippen LogP contribution in [0.25, 0.3) is 22.6 Å². The zero-order chi connectivity index (χ0) is 20.9. The number of rotatable bonds is 7. The molecular formula is C24H21FN2O3. The van der Waals surface area contributed by atoms with Gasteiger partial charge in [-0.1, -0.05) is 13.3 Å². The van der Waals surface area contributed by atoms with Gasteiger partial charge in [0.15, 0.2) is 5.58 Å². The molecule has 5 nitrogen and oxygen atoms in total. The van der Waals surface area contributed by atoms with E-state index in [0.29, 0.717) is 40.4 Å². The Hall–Kier alpha value is -3.67. The van der Waals surface area contributed by atoms with E-state index in [9.17, 15) is 9.18 Å². The van der Waals surface area contributed by atoms with Crippen molar-refractivity contribution in [2.75, 3.05) is 11.9 Å². The van der Waals surface area contributed by atoms with Gasteiger partial charge in [-0.2, -0.15) is 0 Å². The Labute approximate surface area is 173 Å². The average molecular weight is 404 g/mol. The zero-order valence-electron chi connectivity index (χ0n) is 16.5. The van der Waals surface area contributed by atoms with Gasteiger partial charge in [0, 0.05) is 16.8 Å². The van der Waals surface area contributed by atoms with Crippen LogP contribution in [0.15, 0.2) is 71.1 Å². The number of anilines is 1. The standard InChI is InChI=1S/C24H21FN2O3/c1-2-3-14-29-20-11-6-16(7-12-20)23(28)26-19-10-13-22-21(15-19)27-24(30-22)17-4-8-18(25)9-5-17/h4-13,15H,2-3,14H2,1H3,(H,26,28). The number of amides is 1. The van der Waals surface area contributed by atoms with Gasteiger partial charge in [0.05, 0.1) is 6.61 Å². The lowest BCUT2D eigenvalue weighted by atomic mass is 10.2. The number of carbonyl (C=O) groups excluding carboxylic acids is 1. The molecule has 0 aliphatic carbocycles. The van der Waals surface area contributed by atoms with Gasteiger partial charge in [-0.25, -0.2) is 9.37 Å². The number of oxazole rings is 1. The smallest absolute Gasteiger partial charge is 0.255 e. The summed E-state index contributed by atoms with van der Waals surface area (Å²) in [6, 6.07) is 18.2. The first kappa shape index (κ1) is 19.6. The van der Waals surface area contributed by atoms with Crippen LogP contribution in [-0.2, 0) is 0 Å². The molecule has 1 aromatic heterocycles. The summed E-state index contributed by atoms with van der Waals surface area (Å²) >= 11 is 0. The van der Waals surface area contributed by atoms with Crippen molar-refractivity contribution in [3.8, 4) is 17.2 Å². The van der Waals surface area contributed by atoms with Crippen molar-refractivity contribution in [3.05, 3.63) is 78.1 Å². The van der Waals surface area contributed by atoms with Crippen molar-refractivity contribution < 1.29 is 18.3 Å². The molecule has 3 aromatic carbocycles. The molecule has 152 valence electrons. The van der Waals surface area contributed by atoms with Crippen molar-refractivity contribution >= 4 is 22.7 Å². The first-order valence-corrected chi connectivity index (χ1v) is 9.83. The number of carbonyl (C=O) groups is 1. The number of ether oxygens (including phenoxy) is 1. The molecule has 0 aliphatic rings. The van der Waals surface area contributed by atoms with Crippen LogP contribution in [0.4, 0.5) is 10.1 Å². The molecule has 0 saturated heterocycles. The maximum atomic E-state index is 13.1. The van der Waals surface area contributed by atoms with Crippen LogP contribution in [0.5, 0.6) is 5.75 Å². The minimum atomic E-state index is -0.319. The highest BCUT2D eigenvalue weighted by molar-refractivity contribution is 6.05. The minimum Gasteiger partial charge on any atom is -0.494 e. The van der Waals surface area contributed by atoms with Gasteiger partial charge in [0.2, 0.25) is 5.89 Å². The fourth-order valence-electron chi connectivity index (χ4n) is 2.96. The van der Waals surface area contributed by atoms with Gasteiger partial charge in [-0.15, -0.1) is 0 Å². The fourth-order valence-corrected chi connectivity index (χ4v) is 2.96. The van der Waals surface area contributed by atoms with Crippen LogP contribution in [-0.4, -0.2) is 17.5 Å². The Morgan fingerprint density at radius 2 is 1.83 bits per heavy atom. The molecule has 1 N–H and O–H groups in total. The molecule has 30 heavy (non-hydrogen) atoms. The number of unbranched alkanes of at least 4 members (excludes halogenated alkanes) is 1. The molecule has 0 radical (unpaired) electrons. The predicted octanol–water partition coefficient (Wildman–Crippen LogP) is 6.07. The molecule has 0 aliphatic heterocycles. The van der Waals surface area contributed by atoms with Crippen molar-refractivity contribution in [2.45, 2.75) is 19.8 Å². The average Bonchev–Trinajstić information content (AvgIpc) is 3.18. The van der Waals surface area contributed by atoms with Crippen LogP contribution < -0.4 is 10.1 Å². The highest BCUT2D eigenvalue weighted by atomic mass is 19.1. The first-order chi connectivity index (χ1) is 14.6. The summed E-state index contributed by atoms with van der Waals surface area (Å²) in [5.74, 6) is 0.599. The van der Waals surface area contributed by atoms with Crippen LogP contribution >= 0.6 is 0 Å². The van der Waals surface area contributed by atoms with E-state index >= 15 is 0 Å². The Morgan fingerprint density at radius 1 is 1.07 bits per heavy atom. The van der Waals surface area contributed by atoms with Crippen molar-refractivity contribution in [2.24, 2.45) is 0 Å². The Bertz CT molecular complexity index is 1150. The van der Waals surface area contributed by atoms with Crippen LogP contribution in [0.2, 0.25) is 0 Å². The molecule has 0 unspecified atom stereocenters. The van der Waals surface area contributed by atoms with Gasteiger partial charge in [-0.05, 0) is 73.2 Å². The Kier molecular flexibility index (Phi) is 5.75. The third-order valence-corrected chi connectivity index (χ3v) is 4.62. The van der Waals surface area contributed by atoms with E-state index in [0.717, 1.165) is 18.6 Å². The number of hydrogen-bond donors (Lipinski definition) is 1. The predicted molar refractivity (Wildman–Crippen MR) is 114 cm³/mol. The van der Waals surface area contributed by atoms with Gasteiger partial charge < -0.3 is 14.5 Å². The molecule has 4 aromatic rings. The van der Waals surface area contributed by atoms with E-state index in [1.807, 2.05) is 0 Å². The Balaban J connectivity index is 1.46. The second kappa shape index (κ2) is 8.78. The second-order valence-electron chi connectivity index (χ2n) is 6.89. The summed E-state index contributed by atoms with van der Waals surface area (Å²) in [5.41, 5.74) is 3.01. The van der Waals surface area contributed by atoms with Crippen molar-refractivity contribution in [1.29, 1.82) is 0 Å². The van der Waals surface area contributed by atoms with Gasteiger partial charge in [0.25, 0.3) is 5.91 Å². The van der Waals surface area contributed by atoms with Gasteiger partial charge in [0.1, 0.15) is 17.1 Å². The van der Waals surface area contributed by atoms with E-state index in [-0.39, 0.29) is 11.7 Å². The summed E-state index contributed by atoms with van der Waals surface area (Å²) in [7, 11) is 0. The van der Waals surface area contributed by atoms with Crippen molar-refractivity contribution in [3.63, 3.8) is 0 Å². The summed E-state index contributed by atoms with van der Waals surface area (Å²) in [5, 5.41) is 2.87. The van der Waals surface area contributed by atoms with Crippen LogP contribution in [0, 0.1) is 5.82 Å². The van der Waals surface area contributed by atoms with E-state index in [1.165, 1.54) is 12.1 Å². The number of aromatic nitrogens is 1. The molecule has 0 saturated carbocycles. The van der Waals surface area contributed by atoms with E-state index in [4.69, 9.17) is 9.15 Å². The number of benzene rings is 3. The molecule has 4 rings (SSSR count). The first-order valence-electron chi connectivity index (χ1n) is 9.83. The normalized spacial score (nSPS) is 10.9. The maximum Gasteiger partial charge on any atom is 0.255 e. The summed E-state index contributed by atoms with van der Waals surface area (Å²) < 4.78 is 24.5. The zero-order valence-corrected chi connectivity index (χ0v) is 16.5. The highest BCUT2D eigenvalue weighted by Crippen LogP contribution is 2.26. The Morgan fingerprint density at radius 3 is 2.57 bits per heavy atom. The largest absolute Gasteiger partial charge is 0.494 e. The lowest BCUT2D eigenvalue weighted by molar-refractivity contribution is 0.102. The molecular weight excluding hydrogens is 383 g/mol. The van der Waals surface area contributed by atoms with Gasteiger partial charge >= 0.3 is 0 Å². The number of hydrogen-bond acceptors (Lipinski definition) is 4. The van der Waals surface area contributed by atoms with Crippen LogP contribution in [0.3, 0.4) is 0 Å². The molecule has 0 atom stereocenters. The summed E-state index contributed by atoms with van der Waals surface area (Å²) in [6.45, 7) is 2.77. The SMILES string of the molecule is CCCCOc1ccc(C(=O)Nc2ccc3oc(-c4ccc(F)cc4)nc3c2)cc1. The third kappa shape index (κ3) is 4.49. The van der Waals surface area contributed by atoms with E-state index < -0.39 is 0 Å². The van der Waals surface area contributed by atoms with Crippen molar-refractivity contribution in [1.82, 2.24) is 4.98 Å². The number of fused-ring (bicyclic) bond motifs is 1. The lowest BCUT2D eigenvalue weighted by Gasteiger charge is -2.07. The molecule has 1 amide bonds. The quantitative estimate of drug-likeness (QED) is 0.380. The fraction of sp³-hybridized carbons (Fsp3) is 0.167. The number of nitrogens with zero attached hydrogens (tertiary/aromatic N) is 1. The number of nitrogens with one attached hydrogen (secondary N) is 1.